The number of aromatic nitrogens is 2. The minimum atomic E-state index is -0.921. The molecule has 8 heteroatoms. The minimum Gasteiger partial charge on any atom is -0.491 e. The van der Waals surface area contributed by atoms with E-state index in [2.05, 4.69) is 56.1 Å². The lowest BCUT2D eigenvalue weighted by molar-refractivity contribution is -0.171. The molecule has 2 aromatic heterocycles. The molecule has 45 heavy (non-hydrogen) atoms. The molecule has 0 unspecified atom stereocenters. The van der Waals surface area contributed by atoms with Crippen molar-refractivity contribution in [3.05, 3.63) is 65.1 Å². The number of ether oxygens (including phenoxy) is 3. The van der Waals surface area contributed by atoms with E-state index in [1.165, 1.54) is 5.56 Å². The van der Waals surface area contributed by atoms with Gasteiger partial charge in [-0.25, -0.2) is 9.78 Å². The standard InChI is InChI=1S/C37H52N4O4.H2/c1-24(2)44-35(42)34(45-36(6,7)8)32-27(5)39-23-29(33(32)41-18-15-37(9,10)16-19-41)28-12-14-31(40-22-28)38-17-20-43-30-13-11-25(3)21-26(30)4;/h11-14,21-24,34H,15-20H2,1-10H3,(H,38,40);1H/t34-;/m0./s1. The summed E-state index contributed by atoms with van der Waals surface area (Å²) in [5.41, 5.74) is 6.36. The maximum atomic E-state index is 13.6. The van der Waals surface area contributed by atoms with Crippen LogP contribution in [0.15, 0.2) is 42.7 Å². The van der Waals surface area contributed by atoms with Crippen molar-refractivity contribution < 1.29 is 20.4 Å². The van der Waals surface area contributed by atoms with Gasteiger partial charge in [0.2, 0.25) is 0 Å². The number of aryl methyl sites for hydroxylation is 3. The lowest BCUT2D eigenvalue weighted by Gasteiger charge is -2.41. The number of anilines is 2. The number of hydrogen-bond donors (Lipinski definition) is 1. The maximum absolute atomic E-state index is 13.6. The first kappa shape index (κ1) is 34.2. The van der Waals surface area contributed by atoms with Crippen LogP contribution in [0.5, 0.6) is 5.75 Å². The summed E-state index contributed by atoms with van der Waals surface area (Å²) < 4.78 is 18.2. The van der Waals surface area contributed by atoms with Crippen LogP contribution in [0.1, 0.15) is 91.2 Å². The first-order valence-corrected chi connectivity index (χ1v) is 16.2. The Morgan fingerprint density at radius 1 is 1.04 bits per heavy atom. The van der Waals surface area contributed by atoms with E-state index in [0.717, 1.165) is 71.1 Å². The summed E-state index contributed by atoms with van der Waals surface area (Å²) in [4.78, 5) is 25.6. The maximum Gasteiger partial charge on any atom is 0.340 e. The van der Waals surface area contributed by atoms with Crippen LogP contribution in [0.2, 0.25) is 0 Å². The number of pyridine rings is 2. The van der Waals surface area contributed by atoms with E-state index < -0.39 is 17.7 Å². The van der Waals surface area contributed by atoms with Crippen molar-refractivity contribution in [1.29, 1.82) is 0 Å². The molecule has 0 bridgehead atoms. The molecule has 0 amide bonds. The zero-order valence-corrected chi connectivity index (χ0v) is 28.9. The molecule has 1 aromatic carbocycles. The summed E-state index contributed by atoms with van der Waals surface area (Å²) in [6.07, 6.45) is 4.66. The Morgan fingerprint density at radius 2 is 1.76 bits per heavy atom. The molecule has 1 aliphatic heterocycles. The number of carbonyl (C=O) groups is 1. The van der Waals surface area contributed by atoms with Gasteiger partial charge in [0.05, 0.1) is 23.9 Å². The number of benzene rings is 1. The van der Waals surface area contributed by atoms with Crippen LogP contribution in [-0.4, -0.2) is 53.9 Å². The quantitative estimate of drug-likeness (QED) is 0.170. The van der Waals surface area contributed by atoms with Crippen LogP contribution in [0.4, 0.5) is 11.5 Å². The molecule has 3 aromatic rings. The third-order valence-corrected chi connectivity index (χ3v) is 8.09. The van der Waals surface area contributed by atoms with Gasteiger partial charge in [-0.1, -0.05) is 31.5 Å². The Hall–Kier alpha value is -3.65. The zero-order valence-electron chi connectivity index (χ0n) is 28.9. The molecule has 0 radical (unpaired) electrons. The van der Waals surface area contributed by atoms with E-state index in [1.807, 2.05) is 66.1 Å². The molecule has 1 fully saturated rings. The number of carbonyl (C=O) groups excluding carboxylic acids is 1. The van der Waals surface area contributed by atoms with Gasteiger partial charge >= 0.3 is 5.97 Å². The van der Waals surface area contributed by atoms with Gasteiger partial charge in [0.25, 0.3) is 0 Å². The molecule has 4 rings (SSSR count). The van der Waals surface area contributed by atoms with Crippen LogP contribution in [0.3, 0.4) is 0 Å². The fraction of sp³-hybridized carbons (Fsp3) is 0.541. The summed E-state index contributed by atoms with van der Waals surface area (Å²) >= 11 is 0. The second-order valence-electron chi connectivity index (χ2n) is 14.2. The van der Waals surface area contributed by atoms with E-state index in [0.29, 0.717) is 13.2 Å². The van der Waals surface area contributed by atoms with Crippen molar-refractivity contribution in [3.8, 4) is 16.9 Å². The molecule has 246 valence electrons. The molecule has 1 N–H and O–H groups in total. The highest BCUT2D eigenvalue weighted by molar-refractivity contribution is 5.87. The third kappa shape index (κ3) is 9.19. The molecule has 8 nitrogen and oxygen atoms in total. The van der Waals surface area contributed by atoms with Crippen LogP contribution in [-0.2, 0) is 14.3 Å². The molecule has 1 saturated heterocycles. The Kier molecular flexibility index (Phi) is 10.8. The Bertz CT molecular complexity index is 1460. The Morgan fingerprint density at radius 3 is 2.36 bits per heavy atom. The van der Waals surface area contributed by atoms with Gasteiger partial charge in [0, 0.05) is 49.3 Å². The summed E-state index contributed by atoms with van der Waals surface area (Å²) in [6.45, 7) is 23.2. The number of piperidine rings is 1. The smallest absolute Gasteiger partial charge is 0.340 e. The summed E-state index contributed by atoms with van der Waals surface area (Å²) in [6, 6.07) is 10.2. The molecular formula is C37H54N4O4. The predicted molar refractivity (Wildman–Crippen MR) is 184 cm³/mol. The van der Waals surface area contributed by atoms with E-state index in [4.69, 9.17) is 24.2 Å². The summed E-state index contributed by atoms with van der Waals surface area (Å²) in [5.74, 6) is 1.26. The van der Waals surface area contributed by atoms with Crippen LogP contribution < -0.4 is 15.0 Å². The van der Waals surface area contributed by atoms with Crippen molar-refractivity contribution in [1.82, 2.24) is 9.97 Å². The molecule has 1 atom stereocenters. The highest BCUT2D eigenvalue weighted by Crippen LogP contribution is 2.43. The van der Waals surface area contributed by atoms with Crippen LogP contribution in [0.25, 0.3) is 11.1 Å². The molecule has 0 aliphatic carbocycles. The van der Waals surface area contributed by atoms with Gasteiger partial charge in [-0.05, 0) is 97.4 Å². The summed E-state index contributed by atoms with van der Waals surface area (Å²) in [5, 5.41) is 3.37. The monoisotopic (exact) mass is 618 g/mol. The number of esters is 1. The van der Waals surface area contributed by atoms with Crippen molar-refractivity contribution in [3.63, 3.8) is 0 Å². The van der Waals surface area contributed by atoms with E-state index in [1.54, 1.807) is 0 Å². The van der Waals surface area contributed by atoms with Gasteiger partial charge in [0.1, 0.15) is 18.2 Å². The SMILES string of the molecule is Cc1ccc(OCCNc2ccc(-c3cnc(C)c([C@H](OC(C)(C)C)C(=O)OC(C)C)c3N3CCC(C)(C)CC3)cn2)c(C)c1.[HH]. The van der Waals surface area contributed by atoms with Gasteiger partial charge in [-0.3, -0.25) is 4.98 Å². The van der Waals surface area contributed by atoms with Crippen molar-refractivity contribution >= 4 is 17.5 Å². The number of nitrogens with one attached hydrogen (secondary N) is 1. The van der Waals surface area contributed by atoms with E-state index >= 15 is 0 Å². The summed E-state index contributed by atoms with van der Waals surface area (Å²) in [7, 11) is 0. The molecular weight excluding hydrogens is 564 g/mol. The van der Waals surface area contributed by atoms with Crippen molar-refractivity contribution in [2.45, 2.75) is 99.9 Å². The van der Waals surface area contributed by atoms with Gasteiger partial charge < -0.3 is 24.4 Å². The number of rotatable bonds is 11. The number of nitrogens with zero attached hydrogens (tertiary/aromatic N) is 3. The zero-order chi connectivity index (χ0) is 32.9. The van der Waals surface area contributed by atoms with Gasteiger partial charge in [0.15, 0.2) is 6.10 Å². The van der Waals surface area contributed by atoms with Gasteiger partial charge in [-0.2, -0.15) is 0 Å². The molecule has 3 heterocycles. The van der Waals surface area contributed by atoms with Crippen LogP contribution >= 0.6 is 0 Å². The third-order valence-electron chi connectivity index (χ3n) is 8.09. The van der Waals surface area contributed by atoms with E-state index in [9.17, 15) is 4.79 Å². The first-order chi connectivity index (χ1) is 21.1. The van der Waals surface area contributed by atoms with Crippen LogP contribution in [0, 0.1) is 26.2 Å². The first-order valence-electron chi connectivity index (χ1n) is 16.2. The van der Waals surface area contributed by atoms with E-state index in [-0.39, 0.29) is 12.9 Å². The minimum absolute atomic E-state index is 0. The Labute approximate surface area is 271 Å². The lowest BCUT2D eigenvalue weighted by Crippen LogP contribution is -2.39. The predicted octanol–water partition coefficient (Wildman–Crippen LogP) is 8.24. The normalized spacial score (nSPS) is 15.6. The molecule has 1 aliphatic rings. The fourth-order valence-corrected chi connectivity index (χ4v) is 5.64. The second-order valence-corrected chi connectivity index (χ2v) is 14.2. The molecule has 0 saturated carbocycles. The molecule has 0 spiro atoms. The van der Waals surface area contributed by atoms with Gasteiger partial charge in [-0.15, -0.1) is 0 Å². The Balaban J connectivity index is 0.00000576. The highest BCUT2D eigenvalue weighted by Gasteiger charge is 2.37. The fourth-order valence-electron chi connectivity index (χ4n) is 5.64. The van der Waals surface area contributed by atoms with Crippen molar-refractivity contribution in [2.75, 3.05) is 36.5 Å². The van der Waals surface area contributed by atoms with Crippen molar-refractivity contribution in [2.24, 2.45) is 5.41 Å². The largest absolute Gasteiger partial charge is 0.491 e. The second kappa shape index (κ2) is 14.2. The average molecular weight is 619 g/mol. The number of hydrogen-bond acceptors (Lipinski definition) is 8. The lowest BCUT2D eigenvalue weighted by atomic mass is 9.82. The topological polar surface area (TPSA) is 85.8 Å². The average Bonchev–Trinajstić information content (AvgIpc) is 2.95. The highest BCUT2D eigenvalue weighted by atomic mass is 16.6.